The number of aryl methyl sites for hydroxylation is 1. The Morgan fingerprint density at radius 3 is 2.62 bits per heavy atom. The van der Waals surface area contributed by atoms with Gasteiger partial charge in [-0.15, -0.1) is 0 Å². The van der Waals surface area contributed by atoms with Crippen LogP contribution in [0.4, 0.5) is 5.95 Å². The molecule has 0 aliphatic rings. The molecule has 3 rings (SSSR count). The topological polar surface area (TPSA) is 92.2 Å². The maximum Gasteiger partial charge on any atom is 0.277 e. The van der Waals surface area contributed by atoms with Crippen molar-refractivity contribution < 1.29 is 4.79 Å². The number of anilines is 1. The molecule has 21 heavy (non-hydrogen) atoms. The highest BCUT2D eigenvalue weighted by molar-refractivity contribution is 6.03. The molecule has 0 saturated carbocycles. The van der Waals surface area contributed by atoms with E-state index >= 15 is 0 Å². The van der Waals surface area contributed by atoms with Crippen molar-refractivity contribution >= 4 is 17.6 Å². The molecule has 7 nitrogen and oxygen atoms in total. The minimum absolute atomic E-state index is 0.179. The molecule has 2 N–H and O–H groups in total. The van der Waals surface area contributed by atoms with E-state index in [1.54, 1.807) is 38.1 Å². The summed E-state index contributed by atoms with van der Waals surface area (Å²) < 4.78 is 1.21. The van der Waals surface area contributed by atoms with Crippen LogP contribution in [0.2, 0.25) is 0 Å². The van der Waals surface area contributed by atoms with Crippen molar-refractivity contribution in [1.82, 2.24) is 19.6 Å². The molecule has 2 aromatic heterocycles. The summed E-state index contributed by atoms with van der Waals surface area (Å²) in [5.74, 6) is 0.0982. The maximum absolute atomic E-state index is 12.1. The van der Waals surface area contributed by atoms with Gasteiger partial charge < -0.3 is 0 Å². The average molecular weight is 283 g/mol. The van der Waals surface area contributed by atoms with E-state index in [1.165, 1.54) is 4.52 Å². The summed E-state index contributed by atoms with van der Waals surface area (Å²) in [6.07, 6.45) is 0. The molecule has 7 heteroatoms. The lowest BCUT2D eigenvalue weighted by molar-refractivity contribution is 0.102. The van der Waals surface area contributed by atoms with Crippen molar-refractivity contribution in [3.63, 3.8) is 0 Å². The Morgan fingerprint density at radius 2 is 1.90 bits per heavy atom. The Morgan fingerprint density at radius 1 is 1.19 bits per heavy atom. The molecule has 0 bridgehead atoms. The van der Waals surface area contributed by atoms with Gasteiger partial charge in [0.05, 0.1) is 0 Å². The first-order valence-corrected chi connectivity index (χ1v) is 6.38. The van der Waals surface area contributed by atoms with Crippen LogP contribution in [-0.2, 0) is 0 Å². The summed E-state index contributed by atoms with van der Waals surface area (Å²) in [7, 11) is 0. The van der Waals surface area contributed by atoms with Gasteiger partial charge in [0, 0.05) is 16.8 Å². The largest absolute Gasteiger partial charge is 0.291 e. The second kappa shape index (κ2) is 4.86. The summed E-state index contributed by atoms with van der Waals surface area (Å²) in [5.41, 5.74) is 1.43. The van der Waals surface area contributed by atoms with Gasteiger partial charge in [0.1, 0.15) is 0 Å². The van der Waals surface area contributed by atoms with E-state index in [-0.39, 0.29) is 23.2 Å². The first-order chi connectivity index (χ1) is 10.1. The third-order valence-corrected chi connectivity index (χ3v) is 3.23. The fraction of sp³-hybridized carbons (Fsp3) is 0.143. The highest BCUT2D eigenvalue weighted by Gasteiger charge is 2.12. The molecule has 0 fully saturated rings. The van der Waals surface area contributed by atoms with Crippen molar-refractivity contribution in [3.05, 3.63) is 57.5 Å². The third kappa shape index (κ3) is 2.29. The molecule has 0 aliphatic carbocycles. The standard InChI is InChI=1S/C14H13N5O2/c1-8-9(2)15-14-17-13(18-19(14)12(8)21)16-11(20)10-6-4-3-5-7-10/h3-7H,1-2H3,(H2,15,16,17,18,20). The first kappa shape index (κ1) is 13.0. The number of nitrogens with one attached hydrogen (secondary N) is 2. The van der Waals surface area contributed by atoms with E-state index in [9.17, 15) is 9.59 Å². The lowest BCUT2D eigenvalue weighted by atomic mass is 10.2. The smallest absolute Gasteiger partial charge is 0.277 e. The van der Waals surface area contributed by atoms with Gasteiger partial charge >= 0.3 is 0 Å². The van der Waals surface area contributed by atoms with Crippen LogP contribution in [0, 0.1) is 13.8 Å². The summed E-state index contributed by atoms with van der Waals surface area (Å²) in [5, 5.41) is 5.34. The van der Waals surface area contributed by atoms with Gasteiger partial charge in [-0.25, -0.2) is 4.98 Å². The Labute approximate surface area is 119 Å². The van der Waals surface area contributed by atoms with Crippen molar-refractivity contribution in [2.24, 2.45) is 0 Å². The number of nitrogens with zero attached hydrogens (tertiary/aromatic N) is 3. The Balaban J connectivity index is 1.97. The lowest BCUT2D eigenvalue weighted by Gasteiger charge is -2.00. The van der Waals surface area contributed by atoms with Crippen LogP contribution in [-0.4, -0.2) is 25.5 Å². The molecular formula is C14H13N5O2. The van der Waals surface area contributed by atoms with Crippen LogP contribution in [0.5, 0.6) is 0 Å². The van der Waals surface area contributed by atoms with Crippen LogP contribution in [0.25, 0.3) is 5.78 Å². The van der Waals surface area contributed by atoms with Gasteiger partial charge in [-0.3, -0.25) is 20.0 Å². The van der Waals surface area contributed by atoms with Crippen molar-refractivity contribution in [2.45, 2.75) is 13.8 Å². The van der Waals surface area contributed by atoms with Crippen LogP contribution in [0.15, 0.2) is 35.1 Å². The average Bonchev–Trinajstić information content (AvgIpc) is 2.88. The lowest BCUT2D eigenvalue weighted by Crippen LogP contribution is -2.19. The summed E-state index contributed by atoms with van der Waals surface area (Å²) in [6.45, 7) is 3.44. The van der Waals surface area contributed by atoms with Gasteiger partial charge in [-0.05, 0) is 26.0 Å². The number of hydrogen-bond donors (Lipinski definition) is 2. The first-order valence-electron chi connectivity index (χ1n) is 6.38. The third-order valence-electron chi connectivity index (χ3n) is 3.23. The Hall–Kier alpha value is -2.96. The molecule has 0 atom stereocenters. The number of aromatic amines is 1. The number of benzene rings is 1. The fourth-order valence-electron chi connectivity index (χ4n) is 1.93. The van der Waals surface area contributed by atoms with Crippen LogP contribution < -0.4 is 10.9 Å². The number of hydrogen-bond acceptors (Lipinski definition) is 4. The maximum atomic E-state index is 12.1. The molecular weight excluding hydrogens is 270 g/mol. The number of carbonyl (C=O) groups excluding carboxylic acids is 1. The van der Waals surface area contributed by atoms with Crippen molar-refractivity contribution in [1.29, 1.82) is 0 Å². The zero-order valence-electron chi connectivity index (χ0n) is 11.5. The number of fused-ring (bicyclic) bond motifs is 1. The molecule has 0 spiro atoms. The fourth-order valence-corrected chi connectivity index (χ4v) is 1.93. The molecule has 3 aromatic rings. The van der Waals surface area contributed by atoms with Crippen LogP contribution >= 0.6 is 0 Å². The van der Waals surface area contributed by atoms with Crippen LogP contribution in [0.1, 0.15) is 21.6 Å². The Bertz CT molecular complexity index is 880. The number of rotatable bonds is 2. The van der Waals surface area contributed by atoms with Crippen molar-refractivity contribution in [2.75, 3.05) is 5.32 Å². The number of carbonyl (C=O) groups is 1. The van der Waals surface area contributed by atoms with E-state index in [2.05, 4.69) is 20.4 Å². The van der Waals surface area contributed by atoms with E-state index in [0.717, 1.165) is 0 Å². The predicted octanol–water partition coefficient (Wildman–Crippen LogP) is 1.29. The normalized spacial score (nSPS) is 10.8. The zero-order chi connectivity index (χ0) is 15.0. The molecule has 1 amide bonds. The Kier molecular flexibility index (Phi) is 3.02. The zero-order valence-corrected chi connectivity index (χ0v) is 11.5. The van der Waals surface area contributed by atoms with Gasteiger partial charge in [0.15, 0.2) is 0 Å². The second-order valence-electron chi connectivity index (χ2n) is 4.66. The van der Waals surface area contributed by atoms with Gasteiger partial charge in [0.2, 0.25) is 5.95 Å². The number of H-pyrrole nitrogens is 1. The minimum atomic E-state index is -0.309. The second-order valence-corrected chi connectivity index (χ2v) is 4.66. The van der Waals surface area contributed by atoms with Crippen molar-refractivity contribution in [3.8, 4) is 0 Å². The number of aromatic nitrogens is 4. The molecule has 0 saturated heterocycles. The molecule has 0 aliphatic heterocycles. The highest BCUT2D eigenvalue weighted by Crippen LogP contribution is 2.06. The van der Waals surface area contributed by atoms with E-state index < -0.39 is 0 Å². The van der Waals surface area contributed by atoms with Gasteiger partial charge in [-0.2, -0.15) is 9.50 Å². The van der Waals surface area contributed by atoms with E-state index in [1.807, 2.05) is 6.07 Å². The van der Waals surface area contributed by atoms with Gasteiger partial charge in [-0.1, -0.05) is 18.2 Å². The predicted molar refractivity (Wildman–Crippen MR) is 77.5 cm³/mol. The van der Waals surface area contributed by atoms with E-state index in [4.69, 9.17) is 0 Å². The van der Waals surface area contributed by atoms with E-state index in [0.29, 0.717) is 16.8 Å². The molecule has 0 unspecified atom stereocenters. The van der Waals surface area contributed by atoms with Gasteiger partial charge in [0.25, 0.3) is 17.2 Å². The SMILES string of the molecule is Cc1nc2nc(NC(=O)c3ccccc3)[nH]n2c(=O)c1C. The summed E-state index contributed by atoms with van der Waals surface area (Å²) >= 11 is 0. The quantitative estimate of drug-likeness (QED) is 0.741. The molecule has 0 radical (unpaired) electrons. The molecule has 1 aromatic carbocycles. The molecule has 106 valence electrons. The molecule has 2 heterocycles. The summed E-state index contributed by atoms with van der Waals surface area (Å²) in [6, 6.07) is 8.75. The highest BCUT2D eigenvalue weighted by atomic mass is 16.2. The summed E-state index contributed by atoms with van der Waals surface area (Å²) in [4.78, 5) is 32.4. The van der Waals surface area contributed by atoms with Crippen LogP contribution in [0.3, 0.4) is 0 Å². The number of amides is 1. The minimum Gasteiger partial charge on any atom is -0.291 e. The monoisotopic (exact) mass is 283 g/mol.